The van der Waals surface area contributed by atoms with Gasteiger partial charge in [0.15, 0.2) is 11.6 Å². The molecule has 2 N–H and O–H groups in total. The van der Waals surface area contributed by atoms with Crippen molar-refractivity contribution in [1.82, 2.24) is 34.8 Å². The van der Waals surface area contributed by atoms with Gasteiger partial charge >= 0.3 is 0 Å². The quantitative estimate of drug-likeness (QED) is 0.428. The van der Waals surface area contributed by atoms with E-state index in [0.29, 0.717) is 54.2 Å². The Morgan fingerprint density at radius 2 is 1.94 bits per heavy atom. The predicted octanol–water partition coefficient (Wildman–Crippen LogP) is 2.10. The molecular formula is C24H24N8O4. The number of aromatic nitrogens is 6. The Hall–Kier alpha value is -4.16. The summed E-state index contributed by atoms with van der Waals surface area (Å²) in [5.41, 5.74) is 1.42. The smallest absolute Gasteiger partial charge is 0.262 e. The van der Waals surface area contributed by atoms with Gasteiger partial charge in [0.05, 0.1) is 42.0 Å². The van der Waals surface area contributed by atoms with E-state index in [9.17, 15) is 9.90 Å². The van der Waals surface area contributed by atoms with Crippen LogP contribution in [0.5, 0.6) is 0 Å². The van der Waals surface area contributed by atoms with Crippen LogP contribution in [-0.2, 0) is 28.3 Å². The van der Waals surface area contributed by atoms with Gasteiger partial charge in [-0.3, -0.25) is 9.48 Å². The van der Waals surface area contributed by atoms with Crippen LogP contribution in [0, 0.1) is 0 Å². The summed E-state index contributed by atoms with van der Waals surface area (Å²) in [6.07, 6.45) is 2.01. The minimum absolute atomic E-state index is 0.107. The van der Waals surface area contributed by atoms with Crippen LogP contribution in [0.25, 0.3) is 22.8 Å². The number of carbonyl (C=O) groups excluding carboxylic acids is 1. The number of likely N-dealkylation sites (tertiary alicyclic amines) is 1. The van der Waals surface area contributed by atoms with Crippen LogP contribution >= 0.6 is 0 Å². The van der Waals surface area contributed by atoms with E-state index in [4.69, 9.17) is 9.26 Å². The van der Waals surface area contributed by atoms with Gasteiger partial charge in [-0.1, -0.05) is 11.2 Å². The first kappa shape index (κ1) is 22.3. The molecule has 2 atom stereocenters. The molecule has 1 saturated heterocycles. The largest absolute Gasteiger partial charge is 0.373 e. The average molecular weight is 489 g/mol. The first-order chi connectivity index (χ1) is 17.4. The van der Waals surface area contributed by atoms with Crippen LogP contribution in [0.2, 0.25) is 0 Å². The molecule has 4 aromatic heterocycles. The monoisotopic (exact) mass is 488 g/mol. The van der Waals surface area contributed by atoms with Crippen molar-refractivity contribution in [2.45, 2.75) is 38.2 Å². The number of likely N-dealkylation sites (N-methyl/N-ethyl adjacent to an activating group) is 1. The fourth-order valence-electron chi connectivity index (χ4n) is 4.38. The molecule has 0 spiro atoms. The van der Waals surface area contributed by atoms with Crippen LogP contribution in [0.3, 0.4) is 0 Å². The molecule has 1 unspecified atom stereocenters. The molecule has 4 aromatic rings. The van der Waals surface area contributed by atoms with E-state index in [1.54, 1.807) is 31.4 Å². The minimum atomic E-state index is -1.71. The maximum Gasteiger partial charge on any atom is 0.262 e. The van der Waals surface area contributed by atoms with Gasteiger partial charge in [-0.15, -0.1) is 0 Å². The third-order valence-electron chi connectivity index (χ3n) is 6.41. The van der Waals surface area contributed by atoms with E-state index < -0.39 is 11.5 Å². The topological polar surface area (TPSA) is 144 Å². The van der Waals surface area contributed by atoms with Crippen LogP contribution < -0.4 is 5.32 Å². The second-order valence-electron chi connectivity index (χ2n) is 9.04. The number of fused-ring (bicyclic) bond motifs is 1. The number of hydrogen-bond acceptors (Lipinski definition) is 10. The molecule has 1 fully saturated rings. The maximum atomic E-state index is 12.4. The summed E-state index contributed by atoms with van der Waals surface area (Å²) in [5, 5.41) is 22.6. The number of aliphatic hydroxyl groups is 1. The zero-order valence-electron chi connectivity index (χ0n) is 19.7. The lowest BCUT2D eigenvalue weighted by Crippen LogP contribution is -2.35. The Morgan fingerprint density at radius 3 is 2.75 bits per heavy atom. The molecular weight excluding hydrogens is 464 g/mol. The lowest BCUT2D eigenvalue weighted by molar-refractivity contribution is -0.144. The van der Waals surface area contributed by atoms with Gasteiger partial charge in [0.1, 0.15) is 5.69 Å². The molecule has 1 amide bonds. The van der Waals surface area contributed by atoms with Gasteiger partial charge in [-0.05, 0) is 25.1 Å². The summed E-state index contributed by atoms with van der Waals surface area (Å²) in [6, 6.07) is 10.7. The van der Waals surface area contributed by atoms with E-state index in [0.717, 1.165) is 5.69 Å². The second kappa shape index (κ2) is 8.50. The standard InChI is InChI=1S/C24H24N8O4/c1-14-12-32-15(13-35-14)10-21(29-32)28-23-25-8-6-18(27-23)16-4-3-5-17(26-16)19-11-20(36-30-19)24(34)7-9-31(2)22(24)33/h3-6,8,10-11,14,34H,7,9,12-13H2,1-2H3,(H,25,27,28,29)/t14?,24-/m1/s1. The third kappa shape index (κ3) is 3.89. The number of amides is 1. The SMILES string of the molecule is CC1Cn2nc(Nc3nccc(-c4cccc(-c5cc([C@]6(O)CCN(C)C6=O)on5)n4)n3)cc2CO1. The van der Waals surface area contributed by atoms with Crippen molar-refractivity contribution in [3.63, 3.8) is 0 Å². The highest BCUT2D eigenvalue weighted by atomic mass is 16.5. The summed E-state index contributed by atoms with van der Waals surface area (Å²) in [7, 11) is 1.64. The minimum Gasteiger partial charge on any atom is -0.373 e. The number of nitrogens with one attached hydrogen (secondary N) is 1. The molecule has 0 saturated carbocycles. The van der Waals surface area contributed by atoms with Crippen molar-refractivity contribution < 1.29 is 19.2 Å². The van der Waals surface area contributed by atoms with Gasteiger partial charge in [-0.25, -0.2) is 15.0 Å². The van der Waals surface area contributed by atoms with Crippen molar-refractivity contribution in [3.05, 3.63) is 54.0 Å². The molecule has 184 valence electrons. The predicted molar refractivity (Wildman–Crippen MR) is 127 cm³/mol. The molecule has 0 bridgehead atoms. The highest BCUT2D eigenvalue weighted by Crippen LogP contribution is 2.34. The molecule has 2 aliphatic heterocycles. The lowest BCUT2D eigenvalue weighted by atomic mass is 9.98. The van der Waals surface area contributed by atoms with E-state index in [2.05, 4.69) is 30.5 Å². The molecule has 6 heterocycles. The van der Waals surface area contributed by atoms with Gasteiger partial charge in [0, 0.05) is 38.3 Å². The number of hydrogen-bond donors (Lipinski definition) is 2. The normalized spacial score (nSPS) is 21.6. The lowest BCUT2D eigenvalue weighted by Gasteiger charge is -2.20. The van der Waals surface area contributed by atoms with Crippen LogP contribution in [0.15, 0.2) is 47.1 Å². The van der Waals surface area contributed by atoms with Gasteiger partial charge in [0.25, 0.3) is 5.91 Å². The van der Waals surface area contributed by atoms with Crippen molar-refractivity contribution in [2.75, 3.05) is 18.9 Å². The van der Waals surface area contributed by atoms with E-state index in [1.165, 1.54) is 4.90 Å². The highest BCUT2D eigenvalue weighted by Gasteiger charge is 2.48. The number of pyridine rings is 1. The van der Waals surface area contributed by atoms with Crippen molar-refractivity contribution in [2.24, 2.45) is 0 Å². The Labute approximate surface area is 205 Å². The van der Waals surface area contributed by atoms with Crippen LogP contribution in [0.4, 0.5) is 11.8 Å². The first-order valence-electron chi connectivity index (χ1n) is 11.6. The molecule has 0 aliphatic carbocycles. The summed E-state index contributed by atoms with van der Waals surface area (Å²) in [6.45, 7) is 3.66. The Balaban J connectivity index is 1.24. The van der Waals surface area contributed by atoms with Crippen LogP contribution in [-0.4, -0.2) is 65.5 Å². The van der Waals surface area contributed by atoms with E-state index in [1.807, 2.05) is 29.8 Å². The average Bonchev–Trinajstić information content (AvgIpc) is 3.60. The molecule has 12 nitrogen and oxygen atoms in total. The second-order valence-corrected chi connectivity index (χ2v) is 9.04. The third-order valence-corrected chi connectivity index (χ3v) is 6.41. The van der Waals surface area contributed by atoms with E-state index >= 15 is 0 Å². The van der Waals surface area contributed by atoms with Gasteiger partial charge < -0.3 is 24.6 Å². The van der Waals surface area contributed by atoms with E-state index in [-0.39, 0.29) is 18.3 Å². The van der Waals surface area contributed by atoms with Crippen molar-refractivity contribution in [3.8, 4) is 22.8 Å². The zero-order valence-corrected chi connectivity index (χ0v) is 19.7. The number of anilines is 2. The van der Waals surface area contributed by atoms with Gasteiger partial charge in [-0.2, -0.15) is 5.10 Å². The molecule has 6 rings (SSSR count). The zero-order chi connectivity index (χ0) is 24.9. The Kier molecular flexibility index (Phi) is 5.27. The Morgan fingerprint density at radius 1 is 1.14 bits per heavy atom. The number of rotatable bonds is 5. The fourth-order valence-corrected chi connectivity index (χ4v) is 4.38. The first-order valence-corrected chi connectivity index (χ1v) is 11.6. The summed E-state index contributed by atoms with van der Waals surface area (Å²) in [4.78, 5) is 27.4. The number of ether oxygens (including phenoxy) is 1. The van der Waals surface area contributed by atoms with Crippen molar-refractivity contribution in [1.29, 1.82) is 0 Å². The summed E-state index contributed by atoms with van der Waals surface area (Å²) < 4.78 is 12.9. The number of carbonyl (C=O) groups is 1. The highest BCUT2D eigenvalue weighted by molar-refractivity contribution is 5.87. The van der Waals surface area contributed by atoms with Gasteiger partial charge in [0.2, 0.25) is 11.5 Å². The summed E-state index contributed by atoms with van der Waals surface area (Å²) >= 11 is 0. The Bertz CT molecular complexity index is 1450. The maximum absolute atomic E-state index is 12.4. The molecule has 0 radical (unpaired) electrons. The molecule has 12 heteroatoms. The van der Waals surface area contributed by atoms with Crippen LogP contribution in [0.1, 0.15) is 24.8 Å². The molecule has 36 heavy (non-hydrogen) atoms. The van der Waals surface area contributed by atoms with Crippen molar-refractivity contribution >= 4 is 17.7 Å². The molecule has 2 aliphatic rings. The summed E-state index contributed by atoms with van der Waals surface area (Å²) in [5.74, 6) is 0.726. The number of nitrogens with zero attached hydrogens (tertiary/aromatic N) is 7. The fraction of sp³-hybridized carbons (Fsp3) is 0.333. The molecule has 0 aromatic carbocycles.